The number of H-pyrrole nitrogens is 1. The van der Waals surface area contributed by atoms with Crippen molar-refractivity contribution in [3.8, 4) is 0 Å². The number of fused-ring (bicyclic) bond motifs is 3. The number of nitrogens with zero attached hydrogens (tertiary/aromatic N) is 1. The molecule has 2 aromatic heterocycles. The molecule has 0 saturated carbocycles. The molecule has 68 valence electrons. The summed E-state index contributed by atoms with van der Waals surface area (Å²) in [6.07, 6.45) is 1.55. The first kappa shape index (κ1) is 7.32. The highest BCUT2D eigenvalue weighted by Crippen LogP contribution is 2.19. The number of rotatable bonds is 0. The van der Waals surface area contributed by atoms with Crippen LogP contribution in [0, 0.1) is 0 Å². The first-order valence-corrected chi connectivity index (χ1v) is 4.21. The maximum Gasteiger partial charge on any atom is 0.417 e. The number of nitrogens with one attached hydrogen (secondary N) is 1. The summed E-state index contributed by atoms with van der Waals surface area (Å²) in [5.41, 5.74) is 2.05. The number of hydrogen-bond donors (Lipinski definition) is 1. The van der Waals surface area contributed by atoms with E-state index in [4.69, 9.17) is 4.42 Å². The van der Waals surface area contributed by atoms with Crippen LogP contribution in [0.3, 0.4) is 0 Å². The summed E-state index contributed by atoms with van der Waals surface area (Å²) in [6, 6.07) is 7.59. The number of hydrogen-bond acceptors (Lipinski definition) is 3. The topological polar surface area (TPSA) is 58.9 Å². The molecule has 0 spiro atoms. The van der Waals surface area contributed by atoms with Crippen LogP contribution in [0.5, 0.6) is 0 Å². The van der Waals surface area contributed by atoms with Crippen LogP contribution in [0.4, 0.5) is 0 Å². The Kier molecular flexibility index (Phi) is 1.28. The molecule has 14 heavy (non-hydrogen) atoms. The Morgan fingerprint density at radius 3 is 3.07 bits per heavy atom. The first-order chi connectivity index (χ1) is 6.84. The van der Waals surface area contributed by atoms with Gasteiger partial charge in [-0.1, -0.05) is 18.2 Å². The van der Waals surface area contributed by atoms with Crippen LogP contribution < -0.4 is 5.76 Å². The standard InChI is InChI=1S/C10H6N2O2/c13-10-12-9-6-3-1-2-4-7(6)11-5-8(9)14-10/h1-5H,(H,12,13). The van der Waals surface area contributed by atoms with Gasteiger partial charge in [-0.2, -0.15) is 0 Å². The minimum Gasteiger partial charge on any atom is -0.406 e. The lowest BCUT2D eigenvalue weighted by molar-refractivity contribution is 0.554. The van der Waals surface area contributed by atoms with E-state index in [2.05, 4.69) is 9.97 Å². The Labute approximate surface area is 78.2 Å². The first-order valence-electron chi connectivity index (χ1n) is 4.21. The molecule has 0 amide bonds. The summed E-state index contributed by atoms with van der Waals surface area (Å²) in [5, 5.41) is 0.899. The van der Waals surface area contributed by atoms with Crippen molar-refractivity contribution >= 4 is 22.0 Å². The van der Waals surface area contributed by atoms with Gasteiger partial charge < -0.3 is 4.42 Å². The second-order valence-electron chi connectivity index (χ2n) is 3.03. The SMILES string of the molecule is O=c1[nH]c2c(cnc3ccccc32)o1. The summed E-state index contributed by atoms with van der Waals surface area (Å²) in [4.78, 5) is 17.8. The summed E-state index contributed by atoms with van der Waals surface area (Å²) in [6.45, 7) is 0. The van der Waals surface area contributed by atoms with Crippen LogP contribution >= 0.6 is 0 Å². The van der Waals surface area contributed by atoms with Gasteiger partial charge in [-0.25, -0.2) is 4.79 Å². The molecule has 0 aliphatic heterocycles. The zero-order chi connectivity index (χ0) is 9.54. The van der Waals surface area contributed by atoms with Crippen molar-refractivity contribution in [3.05, 3.63) is 41.0 Å². The van der Waals surface area contributed by atoms with Crippen LogP contribution in [-0.4, -0.2) is 9.97 Å². The molecule has 0 radical (unpaired) electrons. The van der Waals surface area contributed by atoms with Gasteiger partial charge in [0.2, 0.25) is 0 Å². The molecule has 1 aromatic carbocycles. The van der Waals surface area contributed by atoms with E-state index in [1.807, 2.05) is 24.3 Å². The average Bonchev–Trinajstić information content (AvgIpc) is 2.59. The normalized spacial score (nSPS) is 11.1. The fraction of sp³-hybridized carbons (Fsp3) is 0. The van der Waals surface area contributed by atoms with Gasteiger partial charge in [-0.05, 0) is 6.07 Å². The van der Waals surface area contributed by atoms with E-state index in [1.165, 1.54) is 0 Å². The molecule has 4 heteroatoms. The Bertz CT molecular complexity index is 666. The molecule has 0 aliphatic rings. The largest absolute Gasteiger partial charge is 0.417 e. The van der Waals surface area contributed by atoms with Crippen molar-refractivity contribution in [1.82, 2.24) is 9.97 Å². The summed E-state index contributed by atoms with van der Waals surface area (Å²) < 4.78 is 4.90. The van der Waals surface area contributed by atoms with Gasteiger partial charge in [0, 0.05) is 5.39 Å². The van der Waals surface area contributed by atoms with Gasteiger partial charge in [-0.15, -0.1) is 0 Å². The number of oxazole rings is 1. The minimum atomic E-state index is -0.446. The molecule has 0 saturated heterocycles. The van der Waals surface area contributed by atoms with Crippen LogP contribution in [0.1, 0.15) is 0 Å². The number of pyridine rings is 1. The van der Waals surface area contributed by atoms with Crippen molar-refractivity contribution < 1.29 is 4.42 Å². The lowest BCUT2D eigenvalue weighted by Gasteiger charge is -1.94. The van der Waals surface area contributed by atoms with E-state index in [9.17, 15) is 4.79 Å². The molecule has 1 N–H and O–H groups in total. The Balaban J connectivity index is 2.66. The van der Waals surface area contributed by atoms with Gasteiger partial charge in [0.15, 0.2) is 5.58 Å². The lowest BCUT2D eigenvalue weighted by Crippen LogP contribution is -1.93. The number of aromatic nitrogens is 2. The van der Waals surface area contributed by atoms with Crippen molar-refractivity contribution in [3.63, 3.8) is 0 Å². The predicted octanol–water partition coefficient (Wildman–Crippen LogP) is 1.67. The van der Waals surface area contributed by atoms with Gasteiger partial charge in [0.1, 0.15) is 0 Å². The monoisotopic (exact) mass is 186 g/mol. The highest BCUT2D eigenvalue weighted by molar-refractivity contribution is 6.00. The second kappa shape index (κ2) is 2.45. The van der Waals surface area contributed by atoms with Gasteiger partial charge in [-0.3, -0.25) is 9.97 Å². The van der Waals surface area contributed by atoms with E-state index >= 15 is 0 Å². The maximum absolute atomic E-state index is 11.0. The van der Waals surface area contributed by atoms with Crippen molar-refractivity contribution in [1.29, 1.82) is 0 Å². The van der Waals surface area contributed by atoms with E-state index in [1.54, 1.807) is 6.20 Å². The third kappa shape index (κ3) is 0.877. The van der Waals surface area contributed by atoms with Crippen LogP contribution in [-0.2, 0) is 0 Å². The highest BCUT2D eigenvalue weighted by atomic mass is 16.4. The molecule has 3 rings (SSSR count). The van der Waals surface area contributed by atoms with Gasteiger partial charge in [0.05, 0.1) is 17.2 Å². The van der Waals surface area contributed by atoms with E-state index in [0.29, 0.717) is 11.1 Å². The van der Waals surface area contributed by atoms with Crippen molar-refractivity contribution in [2.24, 2.45) is 0 Å². The zero-order valence-corrected chi connectivity index (χ0v) is 7.15. The Hall–Kier alpha value is -2.10. The fourth-order valence-corrected chi connectivity index (χ4v) is 1.56. The summed E-state index contributed by atoms with van der Waals surface area (Å²) >= 11 is 0. The van der Waals surface area contributed by atoms with Crippen LogP contribution in [0.15, 0.2) is 39.7 Å². The Morgan fingerprint density at radius 2 is 2.14 bits per heavy atom. The number of para-hydroxylation sites is 1. The molecule has 2 heterocycles. The Morgan fingerprint density at radius 1 is 1.29 bits per heavy atom. The quantitative estimate of drug-likeness (QED) is 0.581. The fourth-order valence-electron chi connectivity index (χ4n) is 1.56. The van der Waals surface area contributed by atoms with E-state index in [-0.39, 0.29) is 0 Å². The molecule has 3 aromatic rings. The maximum atomic E-state index is 11.0. The molecule has 0 fully saturated rings. The van der Waals surface area contributed by atoms with Crippen molar-refractivity contribution in [2.75, 3.05) is 0 Å². The summed E-state index contributed by atoms with van der Waals surface area (Å²) in [7, 11) is 0. The molecule has 4 nitrogen and oxygen atoms in total. The average molecular weight is 186 g/mol. The third-order valence-electron chi connectivity index (χ3n) is 2.17. The number of aromatic amines is 1. The van der Waals surface area contributed by atoms with Gasteiger partial charge in [0.25, 0.3) is 0 Å². The molecule has 0 bridgehead atoms. The van der Waals surface area contributed by atoms with Crippen LogP contribution in [0.2, 0.25) is 0 Å². The third-order valence-corrected chi connectivity index (χ3v) is 2.17. The summed E-state index contributed by atoms with van der Waals surface area (Å²) in [5.74, 6) is -0.446. The van der Waals surface area contributed by atoms with E-state index in [0.717, 1.165) is 10.9 Å². The van der Waals surface area contributed by atoms with Gasteiger partial charge >= 0.3 is 5.76 Å². The van der Waals surface area contributed by atoms with Crippen LogP contribution in [0.25, 0.3) is 22.0 Å². The molecular formula is C10H6N2O2. The highest BCUT2D eigenvalue weighted by Gasteiger charge is 2.05. The van der Waals surface area contributed by atoms with E-state index < -0.39 is 5.76 Å². The van der Waals surface area contributed by atoms with Crippen molar-refractivity contribution in [2.45, 2.75) is 0 Å². The lowest BCUT2D eigenvalue weighted by atomic mass is 10.2. The second-order valence-corrected chi connectivity index (χ2v) is 3.03. The minimum absolute atomic E-state index is 0.446. The number of benzene rings is 1. The molecule has 0 unspecified atom stereocenters. The predicted molar refractivity (Wildman–Crippen MR) is 52.1 cm³/mol. The molecule has 0 aliphatic carbocycles. The zero-order valence-electron chi connectivity index (χ0n) is 7.15. The smallest absolute Gasteiger partial charge is 0.406 e. The molecule has 0 atom stereocenters. The molecular weight excluding hydrogens is 180 g/mol.